The Balaban J connectivity index is 2.22. The maximum atomic E-state index is 12.2. The standard InChI is InChI=1S/C17H18O5/c1-3-11-9-13(16(19)21-2)10-14(18)15(11)22-17(20)12-7-5-4-6-8-12/h3-9,11,14-15,18H,1,10H2,2H3/t11-,14+,15+/m0/s1/i18T. The van der Waals surface area contributed by atoms with E-state index in [0.29, 0.717) is 11.1 Å². The Bertz CT molecular complexity index is 611. The van der Waals surface area contributed by atoms with Crippen LogP contribution in [0.2, 0.25) is 0 Å². The topological polar surface area (TPSA) is 72.8 Å². The summed E-state index contributed by atoms with van der Waals surface area (Å²) in [6, 6.07) is 8.54. The minimum atomic E-state index is -0.773. The van der Waals surface area contributed by atoms with E-state index in [1.165, 1.54) is 7.11 Å². The third-order valence-corrected chi connectivity index (χ3v) is 3.53. The third kappa shape index (κ3) is 3.43. The Morgan fingerprint density at radius 3 is 2.68 bits per heavy atom. The number of benzene rings is 1. The molecule has 0 spiro atoms. The highest BCUT2D eigenvalue weighted by molar-refractivity contribution is 5.90. The van der Waals surface area contributed by atoms with Crippen LogP contribution >= 0.6 is 0 Å². The molecule has 1 N–H and O–H groups in total. The molecule has 0 aliphatic heterocycles. The number of aliphatic hydroxyl groups is 1. The van der Waals surface area contributed by atoms with Crippen LogP contribution in [0, 0.1) is 5.92 Å². The van der Waals surface area contributed by atoms with E-state index in [9.17, 15) is 9.59 Å². The molecule has 116 valence electrons. The molecule has 0 fully saturated rings. The fraction of sp³-hybridized carbons (Fsp3) is 0.294. The van der Waals surface area contributed by atoms with E-state index in [1.54, 1.807) is 42.5 Å². The van der Waals surface area contributed by atoms with Crippen LogP contribution in [0.1, 0.15) is 16.8 Å². The number of carbonyl (C=O) groups excluding carboxylic acids is 2. The van der Waals surface area contributed by atoms with Crippen LogP contribution in [-0.4, -0.2) is 37.8 Å². The highest BCUT2D eigenvalue weighted by atomic mass is 16.6. The maximum absolute atomic E-state index is 12.2. The molecule has 1 aromatic carbocycles. The summed E-state index contributed by atoms with van der Waals surface area (Å²) >= 11 is 0. The molecule has 0 radical (unpaired) electrons. The first kappa shape index (κ1) is 14.5. The van der Waals surface area contributed by atoms with Crippen molar-refractivity contribution >= 4 is 11.9 Å². The van der Waals surface area contributed by atoms with Crippen molar-refractivity contribution in [3.63, 3.8) is 0 Å². The van der Waals surface area contributed by atoms with Gasteiger partial charge in [-0.3, -0.25) is 0 Å². The summed E-state index contributed by atoms with van der Waals surface area (Å²) in [6.45, 7) is 3.70. The van der Waals surface area contributed by atoms with E-state index < -0.39 is 30.1 Å². The zero-order valence-corrected chi connectivity index (χ0v) is 12.2. The van der Waals surface area contributed by atoms with Crippen molar-refractivity contribution in [3.05, 3.63) is 60.2 Å². The molecule has 0 aromatic heterocycles. The van der Waals surface area contributed by atoms with Gasteiger partial charge in [0.05, 0.1) is 18.8 Å². The van der Waals surface area contributed by atoms with Gasteiger partial charge in [-0.2, -0.15) is 0 Å². The van der Waals surface area contributed by atoms with Crippen molar-refractivity contribution in [2.45, 2.75) is 18.6 Å². The lowest BCUT2D eigenvalue weighted by Crippen LogP contribution is -2.40. The third-order valence-electron chi connectivity index (χ3n) is 3.53. The van der Waals surface area contributed by atoms with Gasteiger partial charge in [0.1, 0.15) is 6.10 Å². The summed E-state index contributed by atoms with van der Waals surface area (Å²) in [5.74, 6) is -1.45. The zero-order chi connectivity index (χ0) is 16.8. The fourth-order valence-corrected chi connectivity index (χ4v) is 2.38. The highest BCUT2D eigenvalue weighted by Crippen LogP contribution is 2.28. The lowest BCUT2D eigenvalue weighted by molar-refractivity contribution is -0.137. The van der Waals surface area contributed by atoms with E-state index in [1.807, 2.05) is 0 Å². The Labute approximate surface area is 130 Å². The number of rotatable bonds is 5. The molecule has 0 amide bonds. The largest absolute Gasteiger partial charge is 0.466 e. The second kappa shape index (κ2) is 7.04. The van der Waals surface area contributed by atoms with Gasteiger partial charge in [0.15, 0.2) is 0 Å². The highest BCUT2D eigenvalue weighted by Gasteiger charge is 2.36. The smallest absolute Gasteiger partial charge is 0.338 e. The second-order valence-corrected chi connectivity index (χ2v) is 4.98. The van der Waals surface area contributed by atoms with Gasteiger partial charge in [0, 0.05) is 17.9 Å². The molecule has 2 rings (SSSR count). The van der Waals surface area contributed by atoms with Gasteiger partial charge in [0.25, 0.3) is 0 Å². The molecule has 0 unspecified atom stereocenters. The molecule has 1 aromatic rings. The van der Waals surface area contributed by atoms with Crippen LogP contribution in [0.15, 0.2) is 54.6 Å². The second-order valence-electron chi connectivity index (χ2n) is 4.98. The van der Waals surface area contributed by atoms with E-state index in [0.717, 1.165) is 0 Å². The van der Waals surface area contributed by atoms with Gasteiger partial charge in [-0.05, 0) is 12.1 Å². The van der Waals surface area contributed by atoms with Gasteiger partial charge >= 0.3 is 11.9 Å². The van der Waals surface area contributed by atoms with E-state index in [4.69, 9.17) is 10.9 Å². The minimum Gasteiger partial charge on any atom is -0.466 e. The van der Waals surface area contributed by atoms with Crippen molar-refractivity contribution in [2.75, 3.05) is 7.11 Å². The predicted octanol–water partition coefficient (Wildman–Crippen LogP) is 1.88. The molecule has 0 heterocycles. The first-order chi connectivity index (χ1) is 11.1. The molecule has 1 aliphatic rings. The molecule has 0 saturated carbocycles. The molecule has 0 saturated heterocycles. The van der Waals surface area contributed by atoms with E-state index in [2.05, 4.69) is 11.7 Å². The number of esters is 2. The molecule has 0 bridgehead atoms. The Hall–Kier alpha value is -2.40. The molecule has 1 aliphatic carbocycles. The SMILES string of the molecule is [3H]O[C@@H]1CC(C(=O)OC)=C[C@H](C=C)[C@H]1OC(=O)c1ccccc1. The van der Waals surface area contributed by atoms with Crippen LogP contribution in [0.5, 0.6) is 0 Å². The lowest BCUT2D eigenvalue weighted by Gasteiger charge is -2.31. The summed E-state index contributed by atoms with van der Waals surface area (Å²) in [5, 5.41) is 4.67. The van der Waals surface area contributed by atoms with E-state index >= 15 is 0 Å². The monoisotopic (exact) mass is 304 g/mol. The Morgan fingerprint density at radius 2 is 2.09 bits per heavy atom. The number of hydrogen-bond donors (Lipinski definition) is 1. The number of methoxy groups -OCH3 is 1. The minimum absolute atomic E-state index is 0.132. The van der Waals surface area contributed by atoms with E-state index in [-0.39, 0.29) is 6.42 Å². The van der Waals surface area contributed by atoms with Crippen molar-refractivity contribution in [1.82, 2.24) is 0 Å². The van der Waals surface area contributed by atoms with Crippen molar-refractivity contribution in [3.8, 4) is 0 Å². The molecular weight excluding hydrogens is 284 g/mol. The molecule has 5 heteroatoms. The first-order valence-corrected chi connectivity index (χ1v) is 6.90. The number of carbonyl (C=O) groups is 2. The summed E-state index contributed by atoms with van der Waals surface area (Å²) in [6.07, 6.45) is 1.82. The summed E-state index contributed by atoms with van der Waals surface area (Å²) in [4.78, 5) is 23.9. The number of aliphatic hydroxyl groups excluding tert-OH is 1. The summed E-state index contributed by atoms with van der Waals surface area (Å²) in [7, 11) is 1.28. The quantitative estimate of drug-likeness (QED) is 0.664. The Morgan fingerprint density at radius 1 is 1.36 bits per heavy atom. The molecule has 5 nitrogen and oxygen atoms in total. The van der Waals surface area contributed by atoms with Gasteiger partial charge < -0.3 is 14.6 Å². The predicted molar refractivity (Wildman–Crippen MR) is 80.1 cm³/mol. The average molecular weight is 304 g/mol. The first-order valence-electron chi connectivity index (χ1n) is 7.31. The van der Waals surface area contributed by atoms with Gasteiger partial charge in [-0.1, -0.05) is 30.4 Å². The van der Waals surface area contributed by atoms with Crippen LogP contribution in [0.3, 0.4) is 0 Å². The number of hydrogen-bond acceptors (Lipinski definition) is 5. The van der Waals surface area contributed by atoms with Gasteiger partial charge in [-0.15, -0.1) is 6.58 Å². The average Bonchev–Trinajstić information content (AvgIpc) is 2.61. The summed E-state index contributed by atoms with van der Waals surface area (Å²) in [5.41, 5.74) is 0.781. The van der Waals surface area contributed by atoms with Crippen LogP contribution < -0.4 is 0 Å². The fourth-order valence-electron chi connectivity index (χ4n) is 2.38. The maximum Gasteiger partial charge on any atom is 0.338 e. The normalized spacial score (nSPS) is 24.7. The van der Waals surface area contributed by atoms with Gasteiger partial charge in [0.2, 0.25) is 1.43 Å². The van der Waals surface area contributed by atoms with Crippen LogP contribution in [-0.2, 0) is 14.3 Å². The van der Waals surface area contributed by atoms with Gasteiger partial charge in [-0.25, -0.2) is 9.59 Å². The Kier molecular flexibility index (Phi) is 4.65. The zero-order valence-electron chi connectivity index (χ0n) is 13.2. The molecule has 3 atom stereocenters. The van der Waals surface area contributed by atoms with Crippen molar-refractivity contribution in [1.29, 1.82) is 1.43 Å². The molecule has 22 heavy (non-hydrogen) atoms. The van der Waals surface area contributed by atoms with Crippen molar-refractivity contribution in [2.24, 2.45) is 5.92 Å². The van der Waals surface area contributed by atoms with Crippen LogP contribution in [0.4, 0.5) is 0 Å². The number of ether oxygens (including phenoxy) is 2. The van der Waals surface area contributed by atoms with Crippen molar-refractivity contribution < 1.29 is 24.2 Å². The lowest BCUT2D eigenvalue weighted by atomic mass is 9.85. The van der Waals surface area contributed by atoms with Crippen LogP contribution in [0.25, 0.3) is 0 Å². The molecular formula is C17H18O5. The summed E-state index contributed by atoms with van der Waals surface area (Å²) < 4.78 is 17.4.